The maximum atomic E-state index is 12.2. The molecule has 0 saturated carbocycles. The molecule has 22 heavy (non-hydrogen) atoms. The Labute approximate surface area is 139 Å². The third kappa shape index (κ3) is 3.97. The molecule has 0 aliphatic carbocycles. The number of rotatable bonds is 5. The van der Waals surface area contributed by atoms with Crippen molar-refractivity contribution in [3.8, 4) is 0 Å². The zero-order chi connectivity index (χ0) is 16.1. The quantitative estimate of drug-likeness (QED) is 0.558. The van der Waals surface area contributed by atoms with Gasteiger partial charge in [-0.2, -0.15) is 0 Å². The molecular weight excluding hydrogens is 324 g/mol. The molecule has 0 saturated heterocycles. The summed E-state index contributed by atoms with van der Waals surface area (Å²) in [6.45, 7) is 1.69. The van der Waals surface area contributed by atoms with E-state index >= 15 is 0 Å². The van der Waals surface area contributed by atoms with Crippen molar-refractivity contribution in [3.05, 3.63) is 46.1 Å². The SMILES string of the molecule is CC1=C(C(=O)OCCc2ccccc2Cl)C(CO)NC(=S)N1. The molecule has 1 heterocycles. The first-order valence-corrected chi connectivity index (χ1v) is 7.61. The summed E-state index contributed by atoms with van der Waals surface area (Å²) in [5.74, 6) is -0.480. The molecule has 0 radical (unpaired) electrons. The van der Waals surface area contributed by atoms with Crippen molar-refractivity contribution < 1.29 is 14.6 Å². The molecule has 0 amide bonds. The lowest BCUT2D eigenvalue weighted by Gasteiger charge is -2.28. The monoisotopic (exact) mass is 340 g/mol. The van der Waals surface area contributed by atoms with Crippen molar-refractivity contribution >= 4 is 34.9 Å². The molecule has 1 aromatic carbocycles. The van der Waals surface area contributed by atoms with Gasteiger partial charge in [0.2, 0.25) is 0 Å². The third-order valence-electron chi connectivity index (χ3n) is 3.32. The molecule has 1 unspecified atom stereocenters. The Morgan fingerprint density at radius 1 is 1.45 bits per heavy atom. The fraction of sp³-hybridized carbons (Fsp3) is 0.333. The number of halogens is 1. The van der Waals surface area contributed by atoms with Crippen LogP contribution in [0.1, 0.15) is 12.5 Å². The molecular formula is C15H17ClN2O3S. The van der Waals surface area contributed by atoms with Crippen molar-refractivity contribution in [1.29, 1.82) is 0 Å². The van der Waals surface area contributed by atoms with Crippen molar-refractivity contribution in [2.24, 2.45) is 0 Å². The Hall–Kier alpha value is -1.63. The first-order chi connectivity index (χ1) is 10.5. The first kappa shape index (κ1) is 16.7. The van der Waals surface area contributed by atoms with Crippen LogP contribution in [0.3, 0.4) is 0 Å². The van der Waals surface area contributed by atoms with E-state index < -0.39 is 12.0 Å². The van der Waals surface area contributed by atoms with Gasteiger partial charge in [-0.25, -0.2) is 4.79 Å². The Morgan fingerprint density at radius 2 is 2.18 bits per heavy atom. The molecule has 1 aromatic rings. The number of esters is 1. The van der Waals surface area contributed by atoms with E-state index in [1.54, 1.807) is 13.0 Å². The predicted molar refractivity (Wildman–Crippen MR) is 88.6 cm³/mol. The highest BCUT2D eigenvalue weighted by Gasteiger charge is 2.29. The van der Waals surface area contributed by atoms with Crippen LogP contribution in [0.25, 0.3) is 0 Å². The number of carbonyl (C=O) groups is 1. The minimum absolute atomic E-state index is 0.210. The van der Waals surface area contributed by atoms with Crippen molar-refractivity contribution in [1.82, 2.24) is 10.6 Å². The molecule has 0 spiro atoms. The second-order valence-electron chi connectivity index (χ2n) is 4.85. The van der Waals surface area contributed by atoms with Crippen molar-refractivity contribution in [3.63, 3.8) is 0 Å². The van der Waals surface area contributed by atoms with Crippen LogP contribution >= 0.6 is 23.8 Å². The molecule has 3 N–H and O–H groups in total. The van der Waals surface area contributed by atoms with Gasteiger partial charge in [-0.05, 0) is 30.8 Å². The van der Waals surface area contributed by atoms with E-state index in [1.165, 1.54) is 0 Å². The van der Waals surface area contributed by atoms with Gasteiger partial charge in [0.05, 0.1) is 24.8 Å². The van der Waals surface area contributed by atoms with E-state index in [2.05, 4.69) is 10.6 Å². The molecule has 0 aromatic heterocycles. The number of benzene rings is 1. The third-order valence-corrected chi connectivity index (χ3v) is 3.91. The Kier molecular flexibility index (Phi) is 5.76. The summed E-state index contributed by atoms with van der Waals surface area (Å²) in [4.78, 5) is 12.2. The standard InChI is InChI=1S/C15H17ClN2O3S/c1-9-13(12(8-19)18-15(22)17-9)14(20)21-7-6-10-4-2-3-5-11(10)16/h2-5,12,19H,6-8H2,1H3,(H2,17,18,22). The zero-order valence-electron chi connectivity index (χ0n) is 12.1. The Balaban J connectivity index is 1.98. The lowest BCUT2D eigenvalue weighted by molar-refractivity contribution is -0.139. The maximum Gasteiger partial charge on any atom is 0.337 e. The van der Waals surface area contributed by atoms with Crippen molar-refractivity contribution in [2.45, 2.75) is 19.4 Å². The predicted octanol–water partition coefficient (Wildman–Crippen LogP) is 1.54. The lowest BCUT2D eigenvalue weighted by Crippen LogP contribution is -2.51. The van der Waals surface area contributed by atoms with Crippen LogP contribution in [0.5, 0.6) is 0 Å². The maximum absolute atomic E-state index is 12.2. The van der Waals surface area contributed by atoms with Crippen molar-refractivity contribution in [2.75, 3.05) is 13.2 Å². The highest BCUT2D eigenvalue weighted by molar-refractivity contribution is 7.80. The fourth-order valence-corrected chi connectivity index (χ4v) is 2.76. The van der Waals surface area contributed by atoms with Crippen LogP contribution in [0.4, 0.5) is 0 Å². The Morgan fingerprint density at radius 3 is 2.86 bits per heavy atom. The number of hydrogen-bond donors (Lipinski definition) is 3. The van der Waals surface area contributed by atoms with Crippen LogP contribution in [0.2, 0.25) is 5.02 Å². The first-order valence-electron chi connectivity index (χ1n) is 6.82. The van der Waals surface area contributed by atoms with E-state index in [1.807, 2.05) is 18.2 Å². The van der Waals surface area contributed by atoms with Gasteiger partial charge in [-0.15, -0.1) is 0 Å². The minimum Gasteiger partial charge on any atom is -0.462 e. The minimum atomic E-state index is -0.554. The average Bonchev–Trinajstić information content (AvgIpc) is 2.48. The highest BCUT2D eigenvalue weighted by Crippen LogP contribution is 2.17. The number of aliphatic hydroxyl groups is 1. The van der Waals surface area contributed by atoms with Crippen LogP contribution in [0.15, 0.2) is 35.5 Å². The number of ether oxygens (including phenoxy) is 1. The lowest BCUT2D eigenvalue weighted by atomic mass is 10.0. The summed E-state index contributed by atoms with van der Waals surface area (Å²) in [6, 6.07) is 6.86. The van der Waals surface area contributed by atoms with Crippen LogP contribution in [-0.2, 0) is 16.0 Å². The summed E-state index contributed by atoms with van der Waals surface area (Å²) in [5.41, 5.74) is 1.86. The number of carbonyl (C=O) groups excluding carboxylic acids is 1. The van der Waals surface area contributed by atoms with Gasteiger partial charge in [0.25, 0.3) is 0 Å². The van der Waals surface area contributed by atoms with E-state index in [9.17, 15) is 9.90 Å². The summed E-state index contributed by atoms with van der Waals surface area (Å²) >= 11 is 11.1. The van der Waals surface area contributed by atoms with Gasteiger partial charge in [0, 0.05) is 17.1 Å². The highest BCUT2D eigenvalue weighted by atomic mass is 35.5. The molecule has 1 aliphatic heterocycles. The smallest absolute Gasteiger partial charge is 0.337 e. The van der Waals surface area contributed by atoms with Gasteiger partial charge in [-0.1, -0.05) is 29.8 Å². The van der Waals surface area contributed by atoms with E-state index in [0.29, 0.717) is 27.8 Å². The van der Waals surface area contributed by atoms with E-state index in [-0.39, 0.29) is 13.2 Å². The number of hydrogen-bond acceptors (Lipinski definition) is 4. The topological polar surface area (TPSA) is 70.6 Å². The van der Waals surface area contributed by atoms with Gasteiger partial charge in [-0.3, -0.25) is 0 Å². The number of allylic oxidation sites excluding steroid dienone is 1. The zero-order valence-corrected chi connectivity index (χ0v) is 13.6. The molecule has 0 bridgehead atoms. The van der Waals surface area contributed by atoms with Crippen LogP contribution in [0, 0.1) is 0 Å². The molecule has 1 atom stereocenters. The number of aliphatic hydroxyl groups excluding tert-OH is 1. The van der Waals surface area contributed by atoms with Gasteiger partial charge in [0.1, 0.15) is 0 Å². The second kappa shape index (κ2) is 7.58. The summed E-state index contributed by atoms with van der Waals surface area (Å²) < 4.78 is 5.29. The van der Waals surface area contributed by atoms with Gasteiger partial charge < -0.3 is 20.5 Å². The molecule has 7 heteroatoms. The average molecular weight is 341 g/mol. The molecule has 118 valence electrons. The Bertz CT molecular complexity index is 619. The molecule has 5 nitrogen and oxygen atoms in total. The summed E-state index contributed by atoms with van der Waals surface area (Å²) in [5, 5.41) is 16.1. The van der Waals surface area contributed by atoms with Gasteiger partial charge >= 0.3 is 5.97 Å². The summed E-state index contributed by atoms with van der Waals surface area (Å²) in [6.07, 6.45) is 0.529. The normalized spacial score (nSPS) is 17.8. The van der Waals surface area contributed by atoms with E-state index in [4.69, 9.17) is 28.6 Å². The molecule has 0 fully saturated rings. The summed E-state index contributed by atoms with van der Waals surface area (Å²) in [7, 11) is 0. The second-order valence-corrected chi connectivity index (χ2v) is 5.67. The number of thiocarbonyl (C=S) groups is 1. The van der Waals surface area contributed by atoms with Crippen LogP contribution < -0.4 is 10.6 Å². The fourth-order valence-electron chi connectivity index (χ4n) is 2.23. The van der Waals surface area contributed by atoms with Crippen LogP contribution in [-0.4, -0.2) is 35.4 Å². The van der Waals surface area contributed by atoms with E-state index in [0.717, 1.165) is 5.56 Å². The molecule has 1 aliphatic rings. The number of nitrogens with one attached hydrogen (secondary N) is 2. The molecule has 2 rings (SSSR count). The largest absolute Gasteiger partial charge is 0.462 e. The van der Waals surface area contributed by atoms with Gasteiger partial charge in [0.15, 0.2) is 5.11 Å².